The van der Waals surface area contributed by atoms with Crippen LogP contribution in [0.1, 0.15) is 0 Å². The van der Waals surface area contributed by atoms with Gasteiger partial charge in [0.1, 0.15) is 0 Å². The van der Waals surface area contributed by atoms with Gasteiger partial charge in [0.25, 0.3) is 0 Å². The van der Waals surface area contributed by atoms with Crippen molar-refractivity contribution in [1.82, 2.24) is 0 Å². The highest BCUT2D eigenvalue weighted by Gasteiger charge is 2.45. The summed E-state index contributed by atoms with van der Waals surface area (Å²) in [7, 11) is 0. The highest BCUT2D eigenvalue weighted by atomic mass is 79.9. The minimum Gasteiger partial charge on any atom is -0.380 e. The average molecular weight is 254 g/mol. The molecule has 1 N–H and O–H groups in total. The summed E-state index contributed by atoms with van der Waals surface area (Å²) in [6.45, 7) is 0. The van der Waals surface area contributed by atoms with Crippen LogP contribution in [0, 0.1) is 10.1 Å². The largest absolute Gasteiger partial charge is 0.380 e. The molecule has 0 amide bonds. The molecule has 2 atom stereocenters. The molecule has 0 radical (unpaired) electrons. The lowest BCUT2D eigenvalue weighted by molar-refractivity contribution is -0.531. The average Bonchev–Trinajstić information content (AvgIpc) is 1.97. The van der Waals surface area contributed by atoms with Gasteiger partial charge < -0.3 is 5.11 Å². The summed E-state index contributed by atoms with van der Waals surface area (Å²) in [4.78, 5) is 9.85. The molecule has 0 aromatic heterocycles. The van der Waals surface area contributed by atoms with Gasteiger partial charge >= 0.3 is 4.45 Å². The number of alkyl halides is 1. The Labute approximate surface area is 81.8 Å². The lowest BCUT2D eigenvalue weighted by atomic mass is 10.1. The maximum Gasteiger partial charge on any atom is 0.322 e. The van der Waals surface area contributed by atoms with Gasteiger partial charge in [0.15, 0.2) is 6.10 Å². The van der Waals surface area contributed by atoms with E-state index in [-0.39, 0.29) is 0 Å². The highest BCUT2D eigenvalue weighted by molar-refractivity contribution is 9.10. The van der Waals surface area contributed by atoms with Gasteiger partial charge in [-0.15, -0.1) is 0 Å². The van der Waals surface area contributed by atoms with Crippen LogP contribution in [0.5, 0.6) is 0 Å². The van der Waals surface area contributed by atoms with E-state index in [9.17, 15) is 15.2 Å². The Morgan fingerprint density at radius 1 is 1.83 bits per heavy atom. The zero-order chi connectivity index (χ0) is 9.35. The van der Waals surface area contributed by atoms with E-state index in [1.807, 2.05) is 0 Å². The molecule has 0 aromatic carbocycles. The van der Waals surface area contributed by atoms with E-state index in [2.05, 4.69) is 15.9 Å². The first-order valence-electron chi connectivity index (χ1n) is 3.05. The van der Waals surface area contributed by atoms with Crippen LogP contribution in [0.15, 0.2) is 23.3 Å². The second-order valence-corrected chi connectivity index (χ2v) is 4.02. The molecule has 0 bridgehead atoms. The fraction of sp³-hybridized carbons (Fsp3) is 0.333. The van der Waals surface area contributed by atoms with E-state index < -0.39 is 15.5 Å². The number of aliphatic hydroxyl groups excluding tert-OH is 1. The first kappa shape index (κ1) is 9.70. The number of aliphatic hydroxyl groups is 1. The van der Waals surface area contributed by atoms with E-state index in [4.69, 9.17) is 11.6 Å². The number of nitro groups is 1. The standard InChI is InChI=1S/C6H5BrClNO3/c7-6(9(11)12)2-1-4(8)3-5(6)10/h1-3,5,10H. The normalized spacial score (nSPS) is 34.6. The molecule has 0 aliphatic heterocycles. The summed E-state index contributed by atoms with van der Waals surface area (Å²) in [5, 5.41) is 20.0. The molecule has 66 valence electrons. The van der Waals surface area contributed by atoms with Crippen molar-refractivity contribution in [1.29, 1.82) is 0 Å². The number of rotatable bonds is 1. The van der Waals surface area contributed by atoms with Crippen molar-refractivity contribution in [2.45, 2.75) is 10.6 Å². The first-order valence-corrected chi connectivity index (χ1v) is 4.22. The van der Waals surface area contributed by atoms with Gasteiger partial charge in [-0.3, -0.25) is 10.1 Å². The molecule has 0 spiro atoms. The van der Waals surface area contributed by atoms with Gasteiger partial charge in [-0.25, -0.2) is 0 Å². The first-order chi connectivity index (χ1) is 5.47. The fourth-order valence-electron chi connectivity index (χ4n) is 0.787. The third-order valence-corrected chi connectivity index (χ3v) is 2.76. The van der Waals surface area contributed by atoms with Gasteiger partial charge in [-0.1, -0.05) is 11.6 Å². The SMILES string of the molecule is O=[N+]([O-])C1(Br)C=CC(Cl)=CC1O. The lowest BCUT2D eigenvalue weighted by Crippen LogP contribution is -2.42. The molecule has 1 rings (SSSR count). The third-order valence-electron chi connectivity index (χ3n) is 1.49. The summed E-state index contributed by atoms with van der Waals surface area (Å²) < 4.78 is -1.63. The topological polar surface area (TPSA) is 63.4 Å². The van der Waals surface area contributed by atoms with Gasteiger partial charge in [-0.05, 0) is 12.2 Å². The van der Waals surface area contributed by atoms with E-state index in [1.165, 1.54) is 18.2 Å². The molecular weight excluding hydrogens is 249 g/mol. The molecule has 1 aliphatic rings. The van der Waals surface area contributed by atoms with Crippen LogP contribution in [0.3, 0.4) is 0 Å². The Morgan fingerprint density at radius 3 is 2.83 bits per heavy atom. The lowest BCUT2D eigenvalue weighted by Gasteiger charge is -2.21. The minimum atomic E-state index is -1.63. The van der Waals surface area contributed by atoms with Gasteiger partial charge in [0.05, 0.1) is 0 Å². The summed E-state index contributed by atoms with van der Waals surface area (Å²) >= 11 is 8.33. The molecule has 4 nitrogen and oxygen atoms in total. The molecule has 0 saturated carbocycles. The van der Waals surface area contributed by atoms with Gasteiger partial charge in [0.2, 0.25) is 0 Å². The summed E-state index contributed by atoms with van der Waals surface area (Å²) in [5.74, 6) is 0. The fourth-order valence-corrected chi connectivity index (χ4v) is 1.23. The predicted octanol–water partition coefficient (Wildman–Crippen LogP) is 1.41. The molecule has 0 saturated heterocycles. The zero-order valence-corrected chi connectivity index (χ0v) is 8.12. The van der Waals surface area contributed by atoms with Crippen molar-refractivity contribution >= 4 is 27.5 Å². The molecule has 1 aliphatic carbocycles. The maximum absolute atomic E-state index is 10.5. The van der Waals surface area contributed by atoms with Crippen LogP contribution >= 0.6 is 27.5 Å². The monoisotopic (exact) mass is 253 g/mol. The Balaban J connectivity index is 2.99. The molecule has 6 heteroatoms. The maximum atomic E-state index is 10.5. The van der Waals surface area contributed by atoms with Crippen LogP contribution in [-0.4, -0.2) is 20.6 Å². The molecular formula is C6H5BrClNO3. The van der Waals surface area contributed by atoms with Crippen LogP contribution in [0.2, 0.25) is 0 Å². The van der Waals surface area contributed by atoms with Crippen molar-refractivity contribution in [2.24, 2.45) is 0 Å². The van der Waals surface area contributed by atoms with E-state index >= 15 is 0 Å². The predicted molar refractivity (Wildman–Crippen MR) is 47.7 cm³/mol. The molecule has 0 heterocycles. The Hall–Kier alpha value is -0.390. The van der Waals surface area contributed by atoms with Crippen molar-refractivity contribution in [3.8, 4) is 0 Å². The molecule has 2 unspecified atom stereocenters. The summed E-state index contributed by atoms with van der Waals surface area (Å²) in [6.07, 6.45) is 2.54. The number of allylic oxidation sites excluding steroid dienone is 2. The van der Waals surface area contributed by atoms with Gasteiger partial charge in [-0.2, -0.15) is 0 Å². The Bertz CT molecular complexity index is 278. The minimum absolute atomic E-state index is 0.291. The third kappa shape index (κ3) is 1.53. The van der Waals surface area contributed by atoms with Gasteiger partial charge in [0, 0.05) is 32.0 Å². The summed E-state index contributed by atoms with van der Waals surface area (Å²) in [6, 6.07) is 0. The second kappa shape index (κ2) is 3.16. The van der Waals surface area contributed by atoms with Crippen LogP contribution in [-0.2, 0) is 0 Å². The molecule has 12 heavy (non-hydrogen) atoms. The molecule has 0 aromatic rings. The van der Waals surface area contributed by atoms with Crippen LogP contribution < -0.4 is 0 Å². The summed E-state index contributed by atoms with van der Waals surface area (Å²) in [5.41, 5.74) is 0. The highest BCUT2D eigenvalue weighted by Crippen LogP contribution is 2.31. The van der Waals surface area contributed by atoms with E-state index in [1.54, 1.807) is 0 Å². The van der Waals surface area contributed by atoms with Crippen molar-refractivity contribution in [3.05, 3.63) is 33.4 Å². The van der Waals surface area contributed by atoms with Crippen molar-refractivity contribution < 1.29 is 10.0 Å². The number of nitrogens with zero attached hydrogens (tertiary/aromatic N) is 1. The van der Waals surface area contributed by atoms with Crippen molar-refractivity contribution in [2.75, 3.05) is 0 Å². The molecule has 0 fully saturated rings. The van der Waals surface area contributed by atoms with Crippen LogP contribution in [0.25, 0.3) is 0 Å². The number of halogens is 2. The van der Waals surface area contributed by atoms with E-state index in [0.29, 0.717) is 5.03 Å². The number of hydrogen-bond donors (Lipinski definition) is 1. The Kier molecular flexibility index (Phi) is 2.55. The van der Waals surface area contributed by atoms with E-state index in [0.717, 1.165) is 0 Å². The number of hydrogen-bond acceptors (Lipinski definition) is 3. The smallest absolute Gasteiger partial charge is 0.322 e. The zero-order valence-electron chi connectivity index (χ0n) is 5.78. The van der Waals surface area contributed by atoms with Crippen molar-refractivity contribution in [3.63, 3.8) is 0 Å². The quantitative estimate of drug-likeness (QED) is 0.333. The second-order valence-electron chi connectivity index (χ2n) is 2.31. The van der Waals surface area contributed by atoms with Crippen LogP contribution in [0.4, 0.5) is 0 Å². The Morgan fingerprint density at radius 2 is 2.42 bits per heavy atom.